The minimum Gasteiger partial charge on any atom is -0.496 e. The molecule has 0 aliphatic carbocycles. The molecule has 5 heteroatoms. The molecule has 5 nitrogen and oxygen atoms in total. The highest BCUT2D eigenvalue weighted by Gasteiger charge is 2.42. The summed E-state index contributed by atoms with van der Waals surface area (Å²) >= 11 is 0. The van der Waals surface area contributed by atoms with E-state index in [0.717, 1.165) is 0 Å². The van der Waals surface area contributed by atoms with E-state index < -0.39 is 0 Å². The Labute approximate surface area is 106 Å². The van der Waals surface area contributed by atoms with Gasteiger partial charge >= 0.3 is 0 Å². The van der Waals surface area contributed by atoms with Crippen molar-refractivity contribution in [2.75, 3.05) is 21.3 Å². The van der Waals surface area contributed by atoms with Gasteiger partial charge < -0.3 is 18.9 Å². The second-order valence-electron chi connectivity index (χ2n) is 4.03. The molecule has 2 atom stereocenters. The molecule has 2 rings (SSSR count). The Bertz CT molecular complexity index is 469. The molecule has 0 bridgehead atoms. The van der Waals surface area contributed by atoms with Crippen LogP contribution in [0.2, 0.25) is 0 Å². The molecule has 1 aromatic carbocycles. The van der Waals surface area contributed by atoms with E-state index in [2.05, 4.69) is 0 Å². The fourth-order valence-corrected chi connectivity index (χ4v) is 1.84. The zero-order chi connectivity index (χ0) is 13.3. The van der Waals surface area contributed by atoms with Crippen LogP contribution in [-0.2, 0) is 4.74 Å². The predicted octanol–water partition coefficient (Wildman–Crippen LogP) is 1.68. The van der Waals surface area contributed by atoms with E-state index >= 15 is 0 Å². The number of carbonyl (C=O) groups excluding carboxylic acids is 1. The van der Waals surface area contributed by atoms with Crippen molar-refractivity contribution in [2.45, 2.75) is 19.1 Å². The van der Waals surface area contributed by atoms with Crippen LogP contribution in [0.3, 0.4) is 0 Å². The molecule has 1 aromatic rings. The highest BCUT2D eigenvalue weighted by molar-refractivity contribution is 6.04. The van der Waals surface area contributed by atoms with Crippen molar-refractivity contribution in [1.29, 1.82) is 0 Å². The molecule has 98 valence electrons. The molecule has 1 heterocycles. The number of hydrogen-bond acceptors (Lipinski definition) is 5. The van der Waals surface area contributed by atoms with Crippen LogP contribution in [0.5, 0.6) is 17.2 Å². The monoisotopic (exact) mass is 252 g/mol. The molecule has 1 aliphatic rings. The zero-order valence-corrected chi connectivity index (χ0v) is 10.9. The fourth-order valence-electron chi connectivity index (χ4n) is 1.84. The Kier molecular flexibility index (Phi) is 3.43. The summed E-state index contributed by atoms with van der Waals surface area (Å²) in [4.78, 5) is 12.2. The Balaban J connectivity index is 2.41. The first-order chi connectivity index (χ1) is 8.62. The first-order valence-electron chi connectivity index (χ1n) is 5.62. The van der Waals surface area contributed by atoms with Crippen LogP contribution in [0.15, 0.2) is 12.1 Å². The summed E-state index contributed by atoms with van der Waals surface area (Å²) in [5.74, 6) is 1.38. The molecular weight excluding hydrogens is 236 g/mol. The van der Waals surface area contributed by atoms with E-state index in [1.54, 1.807) is 12.1 Å². The lowest BCUT2D eigenvalue weighted by Crippen LogP contribution is -2.11. The second kappa shape index (κ2) is 4.86. The quantitative estimate of drug-likeness (QED) is 0.589. The van der Waals surface area contributed by atoms with Crippen molar-refractivity contribution in [3.63, 3.8) is 0 Å². The van der Waals surface area contributed by atoms with Gasteiger partial charge in [-0.1, -0.05) is 0 Å². The van der Waals surface area contributed by atoms with Gasteiger partial charge in [-0.3, -0.25) is 4.79 Å². The van der Waals surface area contributed by atoms with Gasteiger partial charge in [0.2, 0.25) is 0 Å². The summed E-state index contributed by atoms with van der Waals surface area (Å²) in [6, 6.07) is 3.26. The van der Waals surface area contributed by atoms with E-state index in [1.165, 1.54) is 21.3 Å². The summed E-state index contributed by atoms with van der Waals surface area (Å²) in [6.45, 7) is 1.86. The van der Waals surface area contributed by atoms with Crippen molar-refractivity contribution < 1.29 is 23.7 Å². The summed E-state index contributed by atoms with van der Waals surface area (Å²) in [5.41, 5.74) is 0.449. The lowest BCUT2D eigenvalue weighted by molar-refractivity contribution is 0.0950. The lowest BCUT2D eigenvalue weighted by atomic mass is 10.0. The minimum atomic E-state index is -0.378. The zero-order valence-electron chi connectivity index (χ0n) is 10.9. The molecule has 0 radical (unpaired) electrons. The van der Waals surface area contributed by atoms with Gasteiger partial charge in [-0.05, 0) is 13.0 Å². The molecule has 0 amide bonds. The maximum Gasteiger partial charge on any atom is 0.198 e. The van der Waals surface area contributed by atoms with E-state index in [-0.39, 0.29) is 18.0 Å². The number of rotatable bonds is 5. The fraction of sp³-hybridized carbons (Fsp3) is 0.462. The van der Waals surface area contributed by atoms with Gasteiger partial charge in [0, 0.05) is 6.07 Å². The molecule has 1 fully saturated rings. The number of ether oxygens (including phenoxy) is 4. The summed E-state index contributed by atoms with van der Waals surface area (Å²) in [7, 11) is 4.56. The molecule has 1 saturated heterocycles. The van der Waals surface area contributed by atoms with Gasteiger partial charge in [0.05, 0.1) is 33.0 Å². The molecule has 0 aromatic heterocycles. The van der Waals surface area contributed by atoms with Crippen LogP contribution in [0.4, 0.5) is 0 Å². The highest BCUT2D eigenvalue weighted by atomic mass is 16.6. The summed E-state index contributed by atoms with van der Waals surface area (Å²) in [5, 5.41) is 0. The smallest absolute Gasteiger partial charge is 0.198 e. The first kappa shape index (κ1) is 12.7. The van der Waals surface area contributed by atoms with E-state index in [4.69, 9.17) is 18.9 Å². The van der Waals surface area contributed by atoms with E-state index in [9.17, 15) is 4.79 Å². The normalized spacial score (nSPS) is 21.3. The van der Waals surface area contributed by atoms with Crippen LogP contribution in [0.1, 0.15) is 17.3 Å². The number of Topliss-reactive ketones (excluding diaryl/α,β-unsaturated/α-hetero) is 1. The van der Waals surface area contributed by atoms with Crippen molar-refractivity contribution in [1.82, 2.24) is 0 Å². The number of hydrogen-bond donors (Lipinski definition) is 0. The van der Waals surface area contributed by atoms with E-state index in [0.29, 0.717) is 22.8 Å². The van der Waals surface area contributed by atoms with Gasteiger partial charge in [-0.15, -0.1) is 0 Å². The summed E-state index contributed by atoms with van der Waals surface area (Å²) < 4.78 is 20.7. The van der Waals surface area contributed by atoms with E-state index in [1.807, 2.05) is 6.92 Å². The number of methoxy groups -OCH3 is 3. The minimum absolute atomic E-state index is 0.0321. The first-order valence-corrected chi connectivity index (χ1v) is 5.62. The largest absolute Gasteiger partial charge is 0.496 e. The number of benzene rings is 1. The third-order valence-corrected chi connectivity index (χ3v) is 2.94. The Morgan fingerprint density at radius 3 is 2.00 bits per heavy atom. The second-order valence-corrected chi connectivity index (χ2v) is 4.03. The van der Waals surface area contributed by atoms with Gasteiger partial charge in [-0.25, -0.2) is 0 Å². The molecule has 2 unspecified atom stereocenters. The SMILES string of the molecule is COc1cc(OC)c(C(=O)C2OC2C)cc1OC. The average molecular weight is 252 g/mol. The Morgan fingerprint density at radius 2 is 1.56 bits per heavy atom. The van der Waals surface area contributed by atoms with Crippen molar-refractivity contribution in [2.24, 2.45) is 0 Å². The van der Waals surface area contributed by atoms with Crippen LogP contribution in [0.25, 0.3) is 0 Å². The van der Waals surface area contributed by atoms with Gasteiger partial charge in [0.1, 0.15) is 11.9 Å². The third kappa shape index (κ3) is 2.13. The van der Waals surface area contributed by atoms with Crippen LogP contribution in [0, 0.1) is 0 Å². The predicted molar refractivity (Wildman–Crippen MR) is 64.8 cm³/mol. The number of ketones is 1. The topological polar surface area (TPSA) is 57.3 Å². The molecule has 0 saturated carbocycles. The maximum atomic E-state index is 12.2. The molecular formula is C13H16O5. The molecule has 1 aliphatic heterocycles. The van der Waals surface area contributed by atoms with Crippen LogP contribution >= 0.6 is 0 Å². The molecule has 0 N–H and O–H groups in total. The van der Waals surface area contributed by atoms with Gasteiger partial charge in [0.25, 0.3) is 0 Å². The van der Waals surface area contributed by atoms with Crippen molar-refractivity contribution >= 4 is 5.78 Å². The standard InChI is InChI=1S/C13H16O5/c1-7-13(18-7)12(14)8-5-10(16-3)11(17-4)6-9(8)15-2/h5-7,13H,1-4H3. The highest BCUT2D eigenvalue weighted by Crippen LogP contribution is 2.37. The maximum absolute atomic E-state index is 12.2. The number of epoxide rings is 1. The Hall–Kier alpha value is -1.75. The average Bonchev–Trinajstić information content (AvgIpc) is 3.13. The molecule has 0 spiro atoms. The molecule has 18 heavy (non-hydrogen) atoms. The van der Waals surface area contributed by atoms with Gasteiger partial charge in [0.15, 0.2) is 17.3 Å². The third-order valence-electron chi connectivity index (χ3n) is 2.94. The Morgan fingerprint density at radius 1 is 1.06 bits per heavy atom. The summed E-state index contributed by atoms with van der Waals surface area (Å²) in [6.07, 6.45) is -0.410. The lowest BCUT2D eigenvalue weighted by Gasteiger charge is -2.12. The van der Waals surface area contributed by atoms with Crippen LogP contribution in [-0.4, -0.2) is 39.3 Å². The van der Waals surface area contributed by atoms with Crippen LogP contribution < -0.4 is 14.2 Å². The van der Waals surface area contributed by atoms with Gasteiger partial charge in [-0.2, -0.15) is 0 Å². The van der Waals surface area contributed by atoms with Crippen molar-refractivity contribution in [3.05, 3.63) is 17.7 Å². The number of carbonyl (C=O) groups is 1. The van der Waals surface area contributed by atoms with Crippen molar-refractivity contribution in [3.8, 4) is 17.2 Å².